The minimum Gasteiger partial charge on any atom is -0.493 e. The van der Waals surface area contributed by atoms with Gasteiger partial charge < -0.3 is 23.5 Å². The molecule has 29 heavy (non-hydrogen) atoms. The largest absolute Gasteiger partial charge is 0.493 e. The minimum atomic E-state index is -4.80. The number of benzene rings is 1. The maximum absolute atomic E-state index is 12.2. The van der Waals surface area contributed by atoms with E-state index in [2.05, 4.69) is 15.3 Å². The quantitative estimate of drug-likeness (QED) is 0.538. The number of nitrogens with one attached hydrogen (secondary N) is 2. The van der Waals surface area contributed by atoms with Crippen LogP contribution in [-0.2, 0) is 10.3 Å². The zero-order chi connectivity index (χ0) is 21.6. The fraction of sp³-hybridized carbons (Fsp3) is 0.200. The van der Waals surface area contributed by atoms with Crippen molar-refractivity contribution >= 4 is 28.3 Å². The van der Waals surface area contributed by atoms with Gasteiger partial charge in [0.05, 0.1) is 27.4 Å². The van der Waals surface area contributed by atoms with Gasteiger partial charge in [-0.1, -0.05) is 6.07 Å². The van der Waals surface area contributed by atoms with Crippen LogP contribution < -0.4 is 28.4 Å². The second kappa shape index (κ2) is 8.92. The lowest BCUT2D eigenvalue weighted by Crippen LogP contribution is -2.37. The molecule has 0 radical (unpaired) electrons. The van der Waals surface area contributed by atoms with Crippen LogP contribution in [0, 0.1) is 0 Å². The Hall–Kier alpha value is -3.81. The normalized spacial score (nSPS) is 10.6. The predicted octanol–water partition coefficient (Wildman–Crippen LogP) is 0.646. The molecule has 2 aromatic rings. The summed E-state index contributed by atoms with van der Waals surface area (Å²) in [6, 6.07) is 3.76. The van der Waals surface area contributed by atoms with Crippen LogP contribution in [0.5, 0.6) is 23.3 Å². The number of urea groups is 1. The van der Waals surface area contributed by atoms with Crippen molar-refractivity contribution in [3.05, 3.63) is 29.8 Å². The zero-order valence-electron chi connectivity index (χ0n) is 15.3. The molecule has 2 rings (SSSR count). The van der Waals surface area contributed by atoms with Gasteiger partial charge in [-0.3, -0.25) is 5.32 Å². The summed E-state index contributed by atoms with van der Waals surface area (Å²) in [6.07, 6.45) is 0. The number of methoxy groups -OCH3 is 3. The molecular formula is C15H16N4O9S. The molecule has 2 amide bonds. The summed E-state index contributed by atoms with van der Waals surface area (Å²) < 4.78 is 45.3. The first-order chi connectivity index (χ1) is 13.7. The summed E-state index contributed by atoms with van der Waals surface area (Å²) in [7, 11) is -0.975. The highest BCUT2D eigenvalue weighted by Crippen LogP contribution is 2.32. The lowest BCUT2D eigenvalue weighted by Gasteiger charge is -2.13. The first kappa shape index (κ1) is 21.5. The number of para-hydroxylation sites is 1. The van der Waals surface area contributed by atoms with E-state index in [9.17, 15) is 23.1 Å². The maximum atomic E-state index is 12.2. The van der Waals surface area contributed by atoms with E-state index in [1.54, 1.807) is 0 Å². The van der Waals surface area contributed by atoms with Crippen molar-refractivity contribution in [2.24, 2.45) is 0 Å². The van der Waals surface area contributed by atoms with Crippen LogP contribution in [0.2, 0.25) is 0 Å². The SMILES string of the molecule is COc1cc(OC)nc(NC(=O)NS(=O)(=O)Oc2c(OC)cccc2C(=O)O)n1. The van der Waals surface area contributed by atoms with E-state index in [4.69, 9.17) is 18.4 Å². The van der Waals surface area contributed by atoms with Gasteiger partial charge in [-0.05, 0) is 12.1 Å². The van der Waals surface area contributed by atoms with Crippen molar-refractivity contribution in [2.45, 2.75) is 0 Å². The summed E-state index contributed by atoms with van der Waals surface area (Å²) in [5.74, 6) is -2.47. The fourth-order valence-corrected chi connectivity index (χ4v) is 2.68. The second-order valence-electron chi connectivity index (χ2n) is 5.01. The van der Waals surface area contributed by atoms with Crippen molar-refractivity contribution < 1.29 is 41.5 Å². The number of aromatic carboxylic acids is 1. The smallest absolute Gasteiger partial charge is 0.411 e. The Morgan fingerprint density at radius 1 is 1.03 bits per heavy atom. The molecule has 3 N–H and O–H groups in total. The van der Waals surface area contributed by atoms with Crippen LogP contribution in [0.25, 0.3) is 0 Å². The number of carboxylic acid groups (broad SMARTS) is 1. The predicted molar refractivity (Wildman–Crippen MR) is 96.8 cm³/mol. The summed E-state index contributed by atoms with van der Waals surface area (Å²) >= 11 is 0. The Labute approximate surface area is 164 Å². The van der Waals surface area contributed by atoms with Gasteiger partial charge >= 0.3 is 22.3 Å². The van der Waals surface area contributed by atoms with Gasteiger partial charge in [0.1, 0.15) is 5.56 Å². The number of ether oxygens (including phenoxy) is 3. The van der Waals surface area contributed by atoms with E-state index in [0.29, 0.717) is 0 Å². The number of anilines is 1. The van der Waals surface area contributed by atoms with Gasteiger partial charge in [-0.2, -0.15) is 18.4 Å². The molecule has 0 unspecified atom stereocenters. The molecule has 1 heterocycles. The highest BCUT2D eigenvalue weighted by Gasteiger charge is 2.25. The third-order valence-corrected chi connectivity index (χ3v) is 3.98. The first-order valence-electron chi connectivity index (χ1n) is 7.59. The van der Waals surface area contributed by atoms with Crippen molar-refractivity contribution in [2.75, 3.05) is 26.6 Å². The molecule has 0 saturated carbocycles. The van der Waals surface area contributed by atoms with Gasteiger partial charge in [0.2, 0.25) is 23.5 Å². The number of carboxylic acids is 1. The maximum Gasteiger partial charge on any atom is 0.411 e. The monoisotopic (exact) mass is 428 g/mol. The molecule has 0 bridgehead atoms. The second-order valence-corrected chi connectivity index (χ2v) is 6.29. The molecule has 1 aromatic carbocycles. The van der Waals surface area contributed by atoms with Crippen molar-refractivity contribution in [3.8, 4) is 23.3 Å². The van der Waals surface area contributed by atoms with Gasteiger partial charge in [0.15, 0.2) is 5.75 Å². The van der Waals surface area contributed by atoms with Gasteiger partial charge in [0, 0.05) is 0 Å². The van der Waals surface area contributed by atoms with Gasteiger partial charge in [0.25, 0.3) is 0 Å². The number of aromatic nitrogens is 2. The van der Waals surface area contributed by atoms with E-state index < -0.39 is 33.6 Å². The van der Waals surface area contributed by atoms with Crippen molar-refractivity contribution in [1.82, 2.24) is 14.7 Å². The number of rotatable bonds is 8. The Morgan fingerprint density at radius 3 is 2.17 bits per heavy atom. The molecular weight excluding hydrogens is 412 g/mol. The Morgan fingerprint density at radius 2 is 1.66 bits per heavy atom. The molecule has 0 aliphatic carbocycles. The van der Waals surface area contributed by atoms with E-state index in [1.165, 1.54) is 44.3 Å². The summed E-state index contributed by atoms with van der Waals surface area (Å²) in [4.78, 5) is 30.9. The number of carbonyl (C=O) groups is 2. The average Bonchev–Trinajstić information content (AvgIpc) is 2.66. The van der Waals surface area contributed by atoms with E-state index in [1.807, 2.05) is 0 Å². The Bertz CT molecular complexity index is 1000. The number of carbonyl (C=O) groups excluding carboxylic acids is 1. The Kier molecular flexibility index (Phi) is 6.61. The summed E-state index contributed by atoms with van der Waals surface area (Å²) in [6.45, 7) is 0. The molecule has 0 aliphatic rings. The van der Waals surface area contributed by atoms with Gasteiger partial charge in [-0.25, -0.2) is 14.3 Å². The molecule has 0 spiro atoms. The van der Waals surface area contributed by atoms with Crippen LogP contribution in [0.3, 0.4) is 0 Å². The fourth-order valence-electron chi connectivity index (χ4n) is 1.97. The molecule has 156 valence electrons. The van der Waals surface area contributed by atoms with Crippen LogP contribution in [0.15, 0.2) is 24.3 Å². The summed E-state index contributed by atoms with van der Waals surface area (Å²) in [5.41, 5.74) is -0.490. The standard InChI is InChI=1S/C15H16N4O9S/c1-25-9-6-4-5-8(13(20)21)12(9)28-29(23,24)19-15(22)18-14-16-10(26-2)7-11(17-14)27-3/h4-7H,1-3H3,(H,20,21)(H2,16,17,18,19,22). The van der Waals surface area contributed by atoms with Crippen molar-refractivity contribution in [3.63, 3.8) is 0 Å². The highest BCUT2D eigenvalue weighted by molar-refractivity contribution is 7.85. The molecule has 0 atom stereocenters. The highest BCUT2D eigenvalue weighted by atomic mass is 32.2. The van der Waals surface area contributed by atoms with Crippen LogP contribution in [0.4, 0.5) is 10.7 Å². The first-order valence-corrected chi connectivity index (χ1v) is 9.00. The third kappa shape index (κ3) is 5.58. The molecule has 14 heteroatoms. The topological polar surface area (TPSA) is 175 Å². The van der Waals surface area contributed by atoms with Crippen molar-refractivity contribution in [1.29, 1.82) is 0 Å². The molecule has 0 aliphatic heterocycles. The van der Waals surface area contributed by atoms with E-state index >= 15 is 0 Å². The number of hydrogen-bond acceptors (Lipinski definition) is 10. The Balaban J connectivity index is 2.20. The van der Waals surface area contributed by atoms with Crippen LogP contribution >= 0.6 is 0 Å². The number of amides is 2. The molecule has 13 nitrogen and oxygen atoms in total. The van der Waals surface area contributed by atoms with Crippen LogP contribution in [0.1, 0.15) is 10.4 Å². The lowest BCUT2D eigenvalue weighted by atomic mass is 10.2. The van der Waals surface area contributed by atoms with E-state index in [0.717, 1.165) is 6.07 Å². The van der Waals surface area contributed by atoms with Crippen LogP contribution in [-0.4, -0.2) is 56.8 Å². The molecule has 0 saturated heterocycles. The molecule has 0 fully saturated rings. The number of hydrogen-bond donors (Lipinski definition) is 3. The van der Waals surface area contributed by atoms with Gasteiger partial charge in [-0.15, -0.1) is 0 Å². The third-order valence-electron chi connectivity index (χ3n) is 3.16. The minimum absolute atomic E-state index is 0.0476. The van der Waals surface area contributed by atoms with E-state index in [-0.39, 0.29) is 23.5 Å². The summed E-state index contributed by atoms with van der Waals surface area (Å²) in [5, 5.41) is 11.2. The zero-order valence-corrected chi connectivity index (χ0v) is 16.1. The lowest BCUT2D eigenvalue weighted by molar-refractivity contribution is 0.0694. The average molecular weight is 428 g/mol. The number of nitrogens with zero attached hydrogens (tertiary/aromatic N) is 2. The molecule has 1 aromatic heterocycles.